The third-order valence-electron chi connectivity index (χ3n) is 4.89. The minimum atomic E-state index is -0.334. The number of ether oxygens (including phenoxy) is 1. The quantitative estimate of drug-likeness (QED) is 0.373. The van der Waals surface area contributed by atoms with Gasteiger partial charge in [-0.1, -0.05) is 67.6 Å². The molecule has 0 aliphatic heterocycles. The lowest BCUT2D eigenvalue weighted by atomic mass is 10.1. The highest BCUT2D eigenvalue weighted by molar-refractivity contribution is 7.80. The molecule has 30 heavy (non-hydrogen) atoms. The van der Waals surface area contributed by atoms with Crippen LogP contribution in [0.5, 0.6) is 0 Å². The Balaban J connectivity index is 1.88. The number of esters is 1. The Kier molecular flexibility index (Phi) is 7.60. The zero-order chi connectivity index (χ0) is 21.5. The first-order valence-electron chi connectivity index (χ1n) is 9.87. The molecule has 0 unspecified atom stereocenters. The van der Waals surface area contributed by atoms with Gasteiger partial charge in [-0.3, -0.25) is 0 Å². The molecule has 0 spiro atoms. The third kappa shape index (κ3) is 5.26. The van der Waals surface area contributed by atoms with Gasteiger partial charge in [0.2, 0.25) is 0 Å². The lowest BCUT2D eigenvalue weighted by Gasteiger charge is -2.26. The number of hydrogen-bond acceptors (Lipinski definition) is 4. The molecule has 1 aromatic heterocycles. The summed E-state index contributed by atoms with van der Waals surface area (Å²) in [6.45, 7) is 5.40. The minimum Gasteiger partial charge on any atom is -0.465 e. The van der Waals surface area contributed by atoms with E-state index in [0.717, 1.165) is 21.9 Å². The molecule has 3 aromatic rings. The predicted molar refractivity (Wildman–Crippen MR) is 128 cm³/mol. The van der Waals surface area contributed by atoms with Gasteiger partial charge >= 0.3 is 5.97 Å². The van der Waals surface area contributed by atoms with Gasteiger partial charge in [0.05, 0.1) is 12.7 Å². The number of rotatable bonds is 7. The number of benzene rings is 2. The number of carbonyl (C=O) groups excluding carboxylic acids is 1. The Morgan fingerprint density at radius 3 is 2.03 bits per heavy atom. The number of anilines is 1. The first-order valence-corrected chi connectivity index (χ1v) is 11.1. The zero-order valence-corrected chi connectivity index (χ0v) is 19.1. The maximum Gasteiger partial charge on any atom is 0.341 e. The van der Waals surface area contributed by atoms with Crippen LogP contribution in [0.2, 0.25) is 0 Å². The maximum atomic E-state index is 12.4. The average molecular weight is 439 g/mol. The standard InChI is InChI=1S/C24H26N2O2S2/c1-4-20-17(2)30-22(21(20)23(27)28-3)25-24(29)26(15-18-11-7-5-8-12-18)16-19-13-9-6-10-14-19/h5-14H,4,15-16H2,1-3H3,(H,25,29). The zero-order valence-electron chi connectivity index (χ0n) is 17.5. The summed E-state index contributed by atoms with van der Waals surface area (Å²) in [6.07, 6.45) is 0.763. The highest BCUT2D eigenvalue weighted by atomic mass is 32.1. The molecule has 4 nitrogen and oxygen atoms in total. The second kappa shape index (κ2) is 10.4. The molecule has 0 saturated heterocycles. The second-order valence-electron chi connectivity index (χ2n) is 6.94. The molecule has 0 bridgehead atoms. The van der Waals surface area contributed by atoms with Gasteiger partial charge in [0.1, 0.15) is 5.00 Å². The van der Waals surface area contributed by atoms with Crippen molar-refractivity contribution in [1.29, 1.82) is 0 Å². The van der Waals surface area contributed by atoms with Crippen molar-refractivity contribution in [2.75, 3.05) is 12.4 Å². The molecule has 1 N–H and O–H groups in total. The molecule has 3 rings (SSSR count). The summed E-state index contributed by atoms with van der Waals surface area (Å²) in [4.78, 5) is 15.7. The monoisotopic (exact) mass is 438 g/mol. The van der Waals surface area contributed by atoms with E-state index in [1.165, 1.54) is 18.2 Å². The van der Waals surface area contributed by atoms with Crippen molar-refractivity contribution in [2.45, 2.75) is 33.4 Å². The Labute approximate surface area is 187 Å². The summed E-state index contributed by atoms with van der Waals surface area (Å²) >= 11 is 7.34. The number of methoxy groups -OCH3 is 1. The van der Waals surface area contributed by atoms with Crippen LogP contribution in [0.25, 0.3) is 0 Å². The first-order chi connectivity index (χ1) is 14.5. The molecule has 0 aliphatic carbocycles. The SMILES string of the molecule is CCc1c(C)sc(NC(=S)N(Cc2ccccc2)Cc2ccccc2)c1C(=O)OC. The molecule has 2 aromatic carbocycles. The molecule has 0 amide bonds. The van der Waals surface area contributed by atoms with Crippen molar-refractivity contribution in [3.8, 4) is 0 Å². The van der Waals surface area contributed by atoms with E-state index in [9.17, 15) is 4.79 Å². The van der Waals surface area contributed by atoms with Gasteiger partial charge in [-0.15, -0.1) is 11.3 Å². The number of thiocarbonyl (C=S) groups is 1. The number of aryl methyl sites for hydroxylation is 1. The Hall–Kier alpha value is -2.70. The van der Waals surface area contributed by atoms with Crippen LogP contribution in [0.3, 0.4) is 0 Å². The van der Waals surface area contributed by atoms with Crippen LogP contribution < -0.4 is 5.32 Å². The highest BCUT2D eigenvalue weighted by Crippen LogP contribution is 2.34. The number of thiophene rings is 1. The van der Waals surface area contributed by atoms with Crippen LogP contribution in [0.1, 0.15) is 38.8 Å². The molecule has 0 fully saturated rings. The van der Waals surface area contributed by atoms with Gasteiger partial charge < -0.3 is 15.0 Å². The Morgan fingerprint density at radius 2 is 1.57 bits per heavy atom. The van der Waals surface area contributed by atoms with Crippen LogP contribution in [0.4, 0.5) is 5.00 Å². The van der Waals surface area contributed by atoms with E-state index in [2.05, 4.69) is 34.5 Å². The first kappa shape index (κ1) is 22.0. The molecular weight excluding hydrogens is 412 g/mol. The fraction of sp³-hybridized carbons (Fsp3) is 0.250. The van der Waals surface area contributed by atoms with Crippen molar-refractivity contribution < 1.29 is 9.53 Å². The topological polar surface area (TPSA) is 41.6 Å². The van der Waals surface area contributed by atoms with E-state index in [-0.39, 0.29) is 5.97 Å². The summed E-state index contributed by atoms with van der Waals surface area (Å²) < 4.78 is 5.04. The van der Waals surface area contributed by atoms with Crippen molar-refractivity contribution in [2.24, 2.45) is 0 Å². The average Bonchev–Trinajstić information content (AvgIpc) is 3.08. The molecular formula is C24H26N2O2S2. The van der Waals surface area contributed by atoms with Gasteiger partial charge in [-0.25, -0.2) is 4.79 Å². The predicted octanol–water partition coefficient (Wildman–Crippen LogP) is 5.80. The van der Waals surface area contributed by atoms with Gasteiger partial charge in [-0.05, 0) is 42.3 Å². The molecule has 156 valence electrons. The van der Waals surface area contributed by atoms with Crippen molar-refractivity contribution in [3.05, 3.63) is 87.8 Å². The lowest BCUT2D eigenvalue weighted by Crippen LogP contribution is -2.34. The van der Waals surface area contributed by atoms with E-state index >= 15 is 0 Å². The summed E-state index contributed by atoms with van der Waals surface area (Å²) in [5.74, 6) is -0.334. The van der Waals surface area contributed by atoms with E-state index in [1.54, 1.807) is 11.3 Å². The van der Waals surface area contributed by atoms with Crippen molar-refractivity contribution in [3.63, 3.8) is 0 Å². The summed E-state index contributed by atoms with van der Waals surface area (Å²) in [7, 11) is 1.41. The van der Waals surface area contributed by atoms with Gasteiger partial charge in [0.25, 0.3) is 0 Å². The van der Waals surface area contributed by atoms with Crippen LogP contribution >= 0.6 is 23.6 Å². The summed E-state index contributed by atoms with van der Waals surface area (Å²) in [6, 6.07) is 20.5. The van der Waals surface area contributed by atoms with E-state index in [0.29, 0.717) is 23.8 Å². The smallest absolute Gasteiger partial charge is 0.341 e. The van der Waals surface area contributed by atoms with Crippen LogP contribution in [0, 0.1) is 6.92 Å². The van der Waals surface area contributed by atoms with Gasteiger partial charge in [-0.2, -0.15) is 0 Å². The molecule has 1 heterocycles. The van der Waals surface area contributed by atoms with Gasteiger partial charge in [0, 0.05) is 18.0 Å². The number of carbonyl (C=O) groups is 1. The number of hydrogen-bond donors (Lipinski definition) is 1. The Bertz CT molecular complexity index is 959. The fourth-order valence-corrected chi connectivity index (χ4v) is 4.82. The Morgan fingerprint density at radius 1 is 1.03 bits per heavy atom. The molecule has 6 heteroatoms. The maximum absolute atomic E-state index is 12.4. The van der Waals surface area contributed by atoms with Crippen molar-refractivity contribution >= 4 is 39.6 Å². The van der Waals surface area contributed by atoms with Crippen molar-refractivity contribution in [1.82, 2.24) is 4.90 Å². The fourth-order valence-electron chi connectivity index (χ4n) is 3.39. The van der Waals surface area contributed by atoms with E-state index < -0.39 is 0 Å². The molecule has 0 saturated carbocycles. The third-order valence-corrected chi connectivity index (χ3v) is 6.32. The van der Waals surface area contributed by atoms with Crippen LogP contribution in [-0.2, 0) is 24.2 Å². The van der Waals surface area contributed by atoms with E-state index in [1.807, 2.05) is 50.2 Å². The molecule has 0 radical (unpaired) electrons. The largest absolute Gasteiger partial charge is 0.465 e. The van der Waals surface area contributed by atoms with Crippen LogP contribution in [0.15, 0.2) is 60.7 Å². The highest BCUT2D eigenvalue weighted by Gasteiger charge is 2.23. The summed E-state index contributed by atoms with van der Waals surface area (Å²) in [5.41, 5.74) is 3.93. The summed E-state index contributed by atoms with van der Waals surface area (Å²) in [5, 5.41) is 4.66. The van der Waals surface area contributed by atoms with E-state index in [4.69, 9.17) is 17.0 Å². The minimum absolute atomic E-state index is 0.334. The van der Waals surface area contributed by atoms with Crippen LogP contribution in [-0.4, -0.2) is 23.1 Å². The van der Waals surface area contributed by atoms with Gasteiger partial charge in [0.15, 0.2) is 5.11 Å². The normalized spacial score (nSPS) is 10.5. The lowest BCUT2D eigenvalue weighted by molar-refractivity contribution is 0.0601. The molecule has 0 atom stereocenters. The number of nitrogens with one attached hydrogen (secondary N) is 1. The second-order valence-corrected chi connectivity index (χ2v) is 8.55. The molecule has 0 aliphatic rings. The number of nitrogens with zero attached hydrogens (tertiary/aromatic N) is 1.